The van der Waals surface area contributed by atoms with Gasteiger partial charge in [0.2, 0.25) is 0 Å². The van der Waals surface area contributed by atoms with E-state index in [-0.39, 0.29) is 0 Å². The number of hydrogen-bond acceptors (Lipinski definition) is 4. The third-order valence-corrected chi connectivity index (χ3v) is 4.43. The van der Waals surface area contributed by atoms with Crippen LogP contribution in [0.5, 0.6) is 0 Å². The fourth-order valence-corrected chi connectivity index (χ4v) is 3.40. The van der Waals surface area contributed by atoms with Crippen LogP contribution < -0.4 is 5.32 Å². The van der Waals surface area contributed by atoms with Crippen molar-refractivity contribution < 1.29 is 0 Å². The molecule has 4 nitrogen and oxygen atoms in total. The smallest absolute Gasteiger partial charge is 0.152 e. The summed E-state index contributed by atoms with van der Waals surface area (Å²) < 4.78 is 1.88. The number of aromatic nitrogens is 3. The van der Waals surface area contributed by atoms with Crippen molar-refractivity contribution in [2.75, 3.05) is 17.6 Å². The van der Waals surface area contributed by atoms with E-state index in [1.165, 1.54) is 18.6 Å². The van der Waals surface area contributed by atoms with Crippen molar-refractivity contribution in [1.82, 2.24) is 14.6 Å². The van der Waals surface area contributed by atoms with Gasteiger partial charge in [-0.2, -0.15) is 16.9 Å². The number of fused-ring (bicyclic) bond motifs is 1. The third kappa shape index (κ3) is 2.24. The van der Waals surface area contributed by atoms with Crippen molar-refractivity contribution in [2.24, 2.45) is 0 Å². The molecule has 1 aliphatic rings. The summed E-state index contributed by atoms with van der Waals surface area (Å²) in [6, 6.07) is 2.07. The Morgan fingerprint density at radius 1 is 1.59 bits per heavy atom. The van der Waals surface area contributed by atoms with Gasteiger partial charge in [0.25, 0.3) is 0 Å². The molecule has 1 atom stereocenters. The van der Waals surface area contributed by atoms with Gasteiger partial charge in [-0.25, -0.2) is 9.50 Å². The van der Waals surface area contributed by atoms with Crippen LogP contribution >= 0.6 is 11.8 Å². The van der Waals surface area contributed by atoms with Crippen LogP contribution in [0.1, 0.15) is 18.5 Å². The zero-order chi connectivity index (χ0) is 11.7. The van der Waals surface area contributed by atoms with Crippen molar-refractivity contribution in [3.05, 3.63) is 24.2 Å². The highest BCUT2D eigenvalue weighted by atomic mass is 32.2. The van der Waals surface area contributed by atoms with E-state index in [2.05, 4.69) is 33.2 Å². The molecule has 0 radical (unpaired) electrons. The minimum absolute atomic E-state index is 0.737. The molecular formula is C12H16N4S. The summed E-state index contributed by atoms with van der Waals surface area (Å²) in [6.45, 7) is 3.01. The molecule has 2 aromatic rings. The van der Waals surface area contributed by atoms with Gasteiger partial charge in [-0.05, 0) is 31.6 Å². The van der Waals surface area contributed by atoms with Crippen molar-refractivity contribution in [1.29, 1.82) is 0 Å². The Hall–Kier alpha value is -1.23. The highest BCUT2D eigenvalue weighted by molar-refractivity contribution is 8.00. The standard InChI is InChI=1S/C12H16N4S/c1-9-7-11-12(13-4-5-16(11)15-9)14-8-10-3-2-6-17-10/h4-5,7,10H,2-3,6,8H2,1H3,(H,13,14). The van der Waals surface area contributed by atoms with Gasteiger partial charge in [0, 0.05) is 24.2 Å². The molecule has 2 aromatic heterocycles. The van der Waals surface area contributed by atoms with Crippen molar-refractivity contribution >= 4 is 23.1 Å². The van der Waals surface area contributed by atoms with Crippen LogP contribution in [0.2, 0.25) is 0 Å². The minimum Gasteiger partial charge on any atom is -0.367 e. The molecular weight excluding hydrogens is 232 g/mol. The van der Waals surface area contributed by atoms with Gasteiger partial charge in [0.05, 0.1) is 5.69 Å². The molecule has 0 bridgehead atoms. The Kier molecular flexibility index (Phi) is 2.93. The molecule has 0 saturated carbocycles. The Morgan fingerprint density at radius 2 is 2.53 bits per heavy atom. The van der Waals surface area contributed by atoms with Crippen LogP contribution in [0.3, 0.4) is 0 Å². The lowest BCUT2D eigenvalue weighted by Gasteiger charge is -2.11. The summed E-state index contributed by atoms with van der Waals surface area (Å²) >= 11 is 2.06. The van der Waals surface area contributed by atoms with Crippen LogP contribution in [-0.4, -0.2) is 32.1 Å². The van der Waals surface area contributed by atoms with Crippen LogP contribution in [0.15, 0.2) is 18.5 Å². The summed E-state index contributed by atoms with van der Waals surface area (Å²) in [7, 11) is 0. The molecule has 1 aliphatic heterocycles. The molecule has 1 saturated heterocycles. The second kappa shape index (κ2) is 4.56. The van der Waals surface area contributed by atoms with Gasteiger partial charge < -0.3 is 5.32 Å². The van der Waals surface area contributed by atoms with E-state index in [0.29, 0.717) is 0 Å². The highest BCUT2D eigenvalue weighted by Gasteiger charge is 2.15. The summed E-state index contributed by atoms with van der Waals surface area (Å²) in [5, 5.41) is 8.57. The number of hydrogen-bond donors (Lipinski definition) is 1. The van der Waals surface area contributed by atoms with Gasteiger partial charge in [-0.1, -0.05) is 0 Å². The zero-order valence-electron chi connectivity index (χ0n) is 9.89. The summed E-state index contributed by atoms with van der Waals surface area (Å²) in [5.41, 5.74) is 2.09. The van der Waals surface area contributed by atoms with Crippen molar-refractivity contribution in [3.63, 3.8) is 0 Å². The van der Waals surface area contributed by atoms with Crippen molar-refractivity contribution in [3.8, 4) is 0 Å². The van der Waals surface area contributed by atoms with Crippen LogP contribution in [-0.2, 0) is 0 Å². The summed E-state index contributed by atoms with van der Waals surface area (Å²) in [5.74, 6) is 2.25. The normalized spacial score (nSPS) is 19.9. The fourth-order valence-electron chi connectivity index (χ4n) is 2.20. The van der Waals surface area contributed by atoms with E-state index in [4.69, 9.17) is 0 Å². The van der Waals surface area contributed by atoms with E-state index < -0.39 is 0 Å². The van der Waals surface area contributed by atoms with Crippen LogP contribution in [0, 0.1) is 6.92 Å². The van der Waals surface area contributed by atoms with Gasteiger partial charge in [0.1, 0.15) is 5.52 Å². The van der Waals surface area contributed by atoms with Crippen LogP contribution in [0.25, 0.3) is 5.52 Å². The molecule has 3 rings (SSSR count). The molecule has 90 valence electrons. The Balaban J connectivity index is 1.79. The maximum Gasteiger partial charge on any atom is 0.152 e. The summed E-state index contributed by atoms with van der Waals surface area (Å²) in [6.07, 6.45) is 6.35. The first-order valence-electron chi connectivity index (χ1n) is 5.99. The molecule has 0 aromatic carbocycles. The highest BCUT2D eigenvalue weighted by Crippen LogP contribution is 2.26. The lowest BCUT2D eigenvalue weighted by molar-refractivity contribution is 0.803. The number of rotatable bonds is 3. The number of nitrogens with zero attached hydrogens (tertiary/aromatic N) is 3. The van der Waals surface area contributed by atoms with Gasteiger partial charge >= 0.3 is 0 Å². The molecule has 3 heterocycles. The van der Waals surface area contributed by atoms with Gasteiger partial charge in [-0.15, -0.1) is 0 Å². The van der Waals surface area contributed by atoms with E-state index in [9.17, 15) is 0 Å². The average molecular weight is 248 g/mol. The maximum absolute atomic E-state index is 4.40. The first kappa shape index (κ1) is 10.9. The third-order valence-electron chi connectivity index (χ3n) is 3.03. The van der Waals surface area contributed by atoms with Crippen LogP contribution in [0.4, 0.5) is 5.82 Å². The van der Waals surface area contributed by atoms with E-state index in [1.807, 2.05) is 17.6 Å². The first-order valence-corrected chi connectivity index (χ1v) is 7.04. The molecule has 17 heavy (non-hydrogen) atoms. The number of nitrogens with one attached hydrogen (secondary N) is 1. The molecule has 5 heteroatoms. The molecule has 0 amide bonds. The number of aryl methyl sites for hydroxylation is 1. The Labute approximate surface area is 105 Å². The Morgan fingerprint density at radius 3 is 3.35 bits per heavy atom. The predicted octanol–water partition coefficient (Wildman–Crippen LogP) is 2.35. The monoisotopic (exact) mass is 248 g/mol. The number of thioether (sulfide) groups is 1. The second-order valence-electron chi connectivity index (χ2n) is 4.41. The topological polar surface area (TPSA) is 42.2 Å². The number of anilines is 1. The molecule has 0 spiro atoms. The lowest BCUT2D eigenvalue weighted by atomic mass is 10.2. The lowest BCUT2D eigenvalue weighted by Crippen LogP contribution is -2.14. The quantitative estimate of drug-likeness (QED) is 0.905. The second-order valence-corrected chi connectivity index (χ2v) is 5.82. The van der Waals surface area contributed by atoms with E-state index >= 15 is 0 Å². The molecule has 1 fully saturated rings. The maximum atomic E-state index is 4.40. The van der Waals surface area contributed by atoms with Gasteiger partial charge in [-0.3, -0.25) is 0 Å². The molecule has 1 unspecified atom stereocenters. The first-order chi connectivity index (χ1) is 8.33. The fraction of sp³-hybridized carbons (Fsp3) is 0.500. The Bertz CT molecular complexity index is 516. The van der Waals surface area contributed by atoms with Gasteiger partial charge in [0.15, 0.2) is 5.82 Å². The largest absolute Gasteiger partial charge is 0.367 e. The molecule has 1 N–H and O–H groups in total. The average Bonchev–Trinajstić information content (AvgIpc) is 2.93. The van der Waals surface area contributed by atoms with E-state index in [1.54, 1.807) is 6.20 Å². The summed E-state index contributed by atoms with van der Waals surface area (Å²) in [4.78, 5) is 4.40. The predicted molar refractivity (Wildman–Crippen MR) is 71.7 cm³/mol. The minimum atomic E-state index is 0.737. The SMILES string of the molecule is Cc1cc2c(NCC3CCCS3)nccn2n1. The molecule has 0 aliphatic carbocycles. The van der Waals surface area contributed by atoms with E-state index in [0.717, 1.165) is 28.8 Å². The van der Waals surface area contributed by atoms with Crippen molar-refractivity contribution in [2.45, 2.75) is 25.0 Å². The zero-order valence-corrected chi connectivity index (χ0v) is 10.7.